The normalized spacial score (nSPS) is 13.2. The van der Waals surface area contributed by atoms with E-state index in [1.807, 2.05) is 11.4 Å². The molecule has 0 radical (unpaired) electrons. The van der Waals surface area contributed by atoms with E-state index in [4.69, 9.17) is 17.3 Å². The molecule has 0 saturated carbocycles. The third kappa shape index (κ3) is 4.35. The molecule has 0 aliphatic heterocycles. The van der Waals surface area contributed by atoms with E-state index < -0.39 is 11.7 Å². The van der Waals surface area contributed by atoms with E-state index in [9.17, 15) is 13.2 Å². The van der Waals surface area contributed by atoms with Crippen LogP contribution in [0.3, 0.4) is 0 Å². The summed E-state index contributed by atoms with van der Waals surface area (Å²) in [5.41, 5.74) is 5.19. The van der Waals surface area contributed by atoms with Gasteiger partial charge in [0, 0.05) is 32.0 Å². The molecule has 1 atom stereocenters. The maximum absolute atomic E-state index is 12.8. The Morgan fingerprint density at radius 2 is 2.00 bits per heavy atom. The van der Waals surface area contributed by atoms with Crippen molar-refractivity contribution in [1.29, 1.82) is 0 Å². The highest BCUT2D eigenvalue weighted by Gasteiger charge is 2.31. The second-order valence-corrected chi connectivity index (χ2v) is 6.62. The van der Waals surface area contributed by atoms with Gasteiger partial charge in [0.2, 0.25) is 0 Å². The number of benzene rings is 1. The molecule has 1 unspecified atom stereocenters. The van der Waals surface area contributed by atoms with Gasteiger partial charge in [-0.1, -0.05) is 11.6 Å². The molecule has 1 aromatic heterocycles. The lowest BCUT2D eigenvalue weighted by molar-refractivity contribution is -0.137. The Morgan fingerprint density at radius 3 is 2.52 bits per heavy atom. The molecule has 0 fully saturated rings. The van der Waals surface area contributed by atoms with Crippen LogP contribution in [-0.4, -0.2) is 6.54 Å². The van der Waals surface area contributed by atoms with Crippen molar-refractivity contribution < 1.29 is 13.2 Å². The summed E-state index contributed by atoms with van der Waals surface area (Å²) in [6.45, 7) is 0.251. The zero-order valence-electron chi connectivity index (χ0n) is 10.5. The van der Waals surface area contributed by atoms with Crippen LogP contribution in [0.15, 0.2) is 34.1 Å². The zero-order valence-corrected chi connectivity index (χ0v) is 13.7. The van der Waals surface area contributed by atoms with E-state index in [1.165, 1.54) is 17.4 Å². The Kier molecular flexibility index (Phi) is 5.19. The van der Waals surface area contributed by atoms with E-state index >= 15 is 0 Å². The van der Waals surface area contributed by atoms with Crippen molar-refractivity contribution in [3.63, 3.8) is 0 Å². The minimum Gasteiger partial charge on any atom is -0.376 e. The van der Waals surface area contributed by atoms with Gasteiger partial charge in [-0.2, -0.15) is 13.2 Å². The van der Waals surface area contributed by atoms with Crippen LogP contribution < -0.4 is 11.1 Å². The summed E-state index contributed by atoms with van der Waals surface area (Å²) < 4.78 is 39.2. The van der Waals surface area contributed by atoms with Crippen molar-refractivity contribution in [1.82, 2.24) is 0 Å². The van der Waals surface area contributed by atoms with E-state index in [1.54, 1.807) is 0 Å². The Balaban J connectivity index is 2.27. The van der Waals surface area contributed by atoms with Crippen LogP contribution in [0.2, 0.25) is 5.02 Å². The average molecular weight is 400 g/mol. The van der Waals surface area contributed by atoms with Crippen molar-refractivity contribution >= 4 is 44.6 Å². The smallest absolute Gasteiger partial charge is 0.376 e. The summed E-state index contributed by atoms with van der Waals surface area (Å²) in [5, 5.41) is 4.90. The number of anilines is 1. The molecule has 2 rings (SSSR count). The summed E-state index contributed by atoms with van der Waals surface area (Å²) in [6.07, 6.45) is -4.44. The maximum Gasteiger partial charge on any atom is 0.416 e. The first-order valence-corrected chi connectivity index (χ1v) is 7.93. The average Bonchev–Trinajstić information content (AvgIpc) is 2.81. The van der Waals surface area contributed by atoms with Gasteiger partial charge in [0.15, 0.2) is 0 Å². The third-order valence-corrected chi connectivity index (χ3v) is 4.76. The lowest BCUT2D eigenvalue weighted by atomic mass is 10.1. The Labute approximate surface area is 137 Å². The standard InChI is InChI=1S/C13H11BrClF3N2S/c14-8-3-12(21-6-8)11(5-19)20-10-2-7(13(16,17)18)1-9(15)4-10/h1-4,6,11,20H,5,19H2. The molecule has 8 heteroatoms. The minimum absolute atomic E-state index is 0.0236. The molecule has 2 nitrogen and oxygen atoms in total. The van der Waals surface area contributed by atoms with Crippen molar-refractivity contribution in [2.45, 2.75) is 12.2 Å². The number of nitrogens with two attached hydrogens (primary N) is 1. The highest BCUT2D eigenvalue weighted by atomic mass is 79.9. The molecule has 114 valence electrons. The molecule has 0 aliphatic carbocycles. The van der Waals surface area contributed by atoms with Crippen LogP contribution in [0.5, 0.6) is 0 Å². The predicted molar refractivity (Wildman–Crippen MR) is 83.9 cm³/mol. The van der Waals surface area contributed by atoms with E-state index in [0.717, 1.165) is 21.5 Å². The second kappa shape index (κ2) is 6.56. The summed E-state index contributed by atoms with van der Waals surface area (Å²) in [7, 11) is 0. The van der Waals surface area contributed by atoms with E-state index in [0.29, 0.717) is 0 Å². The SMILES string of the molecule is NCC(Nc1cc(Cl)cc(C(F)(F)F)c1)c1cc(Br)cs1. The summed E-state index contributed by atoms with van der Waals surface area (Å²) in [5.74, 6) is 0. The number of thiophene rings is 1. The second-order valence-electron chi connectivity index (χ2n) is 4.33. The third-order valence-electron chi connectivity index (χ3n) is 2.73. The quantitative estimate of drug-likeness (QED) is 0.732. The molecule has 0 amide bonds. The van der Waals surface area contributed by atoms with Crippen LogP contribution in [0.4, 0.5) is 18.9 Å². The highest BCUT2D eigenvalue weighted by molar-refractivity contribution is 9.10. The molecule has 0 aliphatic rings. The van der Waals surface area contributed by atoms with Gasteiger partial charge < -0.3 is 11.1 Å². The summed E-state index contributed by atoms with van der Waals surface area (Å²) in [6, 6.07) is 4.97. The number of halogens is 5. The first kappa shape index (κ1) is 16.6. The maximum atomic E-state index is 12.8. The first-order chi connectivity index (χ1) is 9.79. The molecule has 0 saturated heterocycles. The summed E-state index contributed by atoms with van der Waals surface area (Å²) in [4.78, 5) is 0.929. The van der Waals surface area contributed by atoms with Gasteiger partial charge in [-0.25, -0.2) is 0 Å². The van der Waals surface area contributed by atoms with Gasteiger partial charge in [0.1, 0.15) is 0 Å². The van der Waals surface area contributed by atoms with Crippen LogP contribution in [-0.2, 0) is 6.18 Å². The Bertz CT molecular complexity index is 630. The van der Waals surface area contributed by atoms with E-state index in [-0.39, 0.29) is 23.3 Å². The van der Waals surface area contributed by atoms with Crippen molar-refractivity contribution in [3.8, 4) is 0 Å². The fourth-order valence-corrected chi connectivity index (χ4v) is 3.54. The fraction of sp³-hybridized carbons (Fsp3) is 0.231. The number of rotatable bonds is 4. The Hall–Kier alpha value is -0.760. The molecule has 0 bridgehead atoms. The van der Waals surface area contributed by atoms with Crippen molar-refractivity contribution in [2.75, 3.05) is 11.9 Å². The number of hydrogen-bond acceptors (Lipinski definition) is 3. The van der Waals surface area contributed by atoms with Crippen molar-refractivity contribution in [3.05, 3.63) is 49.6 Å². The van der Waals surface area contributed by atoms with Crippen LogP contribution in [0.25, 0.3) is 0 Å². The lowest BCUT2D eigenvalue weighted by Gasteiger charge is -2.18. The highest BCUT2D eigenvalue weighted by Crippen LogP contribution is 2.35. The lowest BCUT2D eigenvalue weighted by Crippen LogP contribution is -2.20. The molecule has 0 spiro atoms. The number of alkyl halides is 3. The molecule has 1 aromatic carbocycles. The fourth-order valence-electron chi connectivity index (χ4n) is 1.80. The van der Waals surface area contributed by atoms with Gasteiger partial charge in [0.05, 0.1) is 11.6 Å². The van der Waals surface area contributed by atoms with Gasteiger partial charge in [-0.15, -0.1) is 11.3 Å². The molecule has 1 heterocycles. The minimum atomic E-state index is -4.44. The largest absolute Gasteiger partial charge is 0.416 e. The molecular weight excluding hydrogens is 389 g/mol. The van der Waals surface area contributed by atoms with Crippen LogP contribution >= 0.6 is 38.9 Å². The zero-order chi connectivity index (χ0) is 15.6. The number of nitrogens with one attached hydrogen (secondary N) is 1. The predicted octanol–water partition coefficient (Wildman–Crippen LogP) is 5.29. The number of hydrogen-bond donors (Lipinski definition) is 2. The van der Waals surface area contributed by atoms with Gasteiger partial charge >= 0.3 is 6.18 Å². The molecule has 3 N–H and O–H groups in total. The molecule has 2 aromatic rings. The monoisotopic (exact) mass is 398 g/mol. The molecule has 21 heavy (non-hydrogen) atoms. The van der Waals surface area contributed by atoms with Gasteiger partial charge in [-0.3, -0.25) is 0 Å². The summed E-state index contributed by atoms with van der Waals surface area (Å²) >= 11 is 10.6. The van der Waals surface area contributed by atoms with Crippen molar-refractivity contribution in [2.24, 2.45) is 5.73 Å². The van der Waals surface area contributed by atoms with E-state index in [2.05, 4.69) is 21.2 Å². The van der Waals surface area contributed by atoms with Crippen LogP contribution in [0.1, 0.15) is 16.5 Å². The molecular formula is C13H11BrClF3N2S. The van der Waals surface area contributed by atoms with Gasteiger partial charge in [0.25, 0.3) is 0 Å². The van der Waals surface area contributed by atoms with Gasteiger partial charge in [-0.05, 0) is 40.2 Å². The topological polar surface area (TPSA) is 38.0 Å². The first-order valence-electron chi connectivity index (χ1n) is 5.88. The van der Waals surface area contributed by atoms with Crippen LogP contribution in [0, 0.1) is 0 Å². The Morgan fingerprint density at radius 1 is 1.29 bits per heavy atom.